The van der Waals surface area contributed by atoms with Crippen molar-refractivity contribution in [2.75, 3.05) is 0 Å². The molecule has 0 amide bonds. The van der Waals surface area contributed by atoms with Crippen LogP contribution in [0.15, 0.2) is 23.0 Å². The summed E-state index contributed by atoms with van der Waals surface area (Å²) in [7, 11) is 0. The fourth-order valence-corrected chi connectivity index (χ4v) is 2.09. The van der Waals surface area contributed by atoms with Crippen molar-refractivity contribution in [1.29, 1.82) is 0 Å². The first-order valence-corrected chi connectivity index (χ1v) is 5.41. The van der Waals surface area contributed by atoms with Crippen LogP contribution < -0.4 is 5.69 Å². The highest BCUT2D eigenvalue weighted by atomic mass is 16.1. The van der Waals surface area contributed by atoms with E-state index in [4.69, 9.17) is 0 Å². The third-order valence-electron chi connectivity index (χ3n) is 3.25. The quantitative estimate of drug-likeness (QED) is 0.750. The molecule has 16 heavy (non-hydrogen) atoms. The summed E-state index contributed by atoms with van der Waals surface area (Å²) in [5, 5.41) is 0. The predicted molar refractivity (Wildman–Crippen MR) is 60.5 cm³/mol. The Morgan fingerprint density at radius 1 is 1.31 bits per heavy atom. The van der Waals surface area contributed by atoms with Gasteiger partial charge in [0.2, 0.25) is 0 Å². The van der Waals surface area contributed by atoms with E-state index in [1.165, 1.54) is 0 Å². The van der Waals surface area contributed by atoms with Crippen LogP contribution in [-0.4, -0.2) is 15.8 Å². The Balaban J connectivity index is 2.04. The van der Waals surface area contributed by atoms with Crippen LogP contribution in [0.2, 0.25) is 0 Å². The minimum atomic E-state index is -0.237. The van der Waals surface area contributed by atoms with Gasteiger partial charge in [0.25, 0.3) is 0 Å². The van der Waals surface area contributed by atoms with Crippen LogP contribution in [0.1, 0.15) is 23.7 Å². The van der Waals surface area contributed by atoms with Crippen LogP contribution in [0.4, 0.5) is 0 Å². The maximum absolute atomic E-state index is 12.0. The van der Waals surface area contributed by atoms with Gasteiger partial charge >= 0.3 is 5.69 Å². The summed E-state index contributed by atoms with van der Waals surface area (Å²) in [4.78, 5) is 28.4. The molecule has 4 heteroatoms. The molecule has 1 heterocycles. The number of nitrogens with one attached hydrogen (secondary N) is 2. The van der Waals surface area contributed by atoms with Crippen molar-refractivity contribution < 1.29 is 4.79 Å². The summed E-state index contributed by atoms with van der Waals surface area (Å²) < 4.78 is 0. The van der Waals surface area contributed by atoms with Gasteiger partial charge in [-0.05, 0) is 30.5 Å². The fourth-order valence-electron chi connectivity index (χ4n) is 2.09. The molecule has 2 atom stereocenters. The van der Waals surface area contributed by atoms with E-state index in [2.05, 4.69) is 16.9 Å². The van der Waals surface area contributed by atoms with E-state index in [-0.39, 0.29) is 17.4 Å². The van der Waals surface area contributed by atoms with Gasteiger partial charge in [-0.1, -0.05) is 6.92 Å². The zero-order chi connectivity index (χ0) is 11.3. The molecule has 3 rings (SSSR count). The molecule has 0 saturated heterocycles. The molecule has 1 aromatic heterocycles. The Kier molecular flexibility index (Phi) is 1.80. The summed E-state index contributed by atoms with van der Waals surface area (Å²) in [6.45, 7) is 2.08. The molecule has 1 aromatic carbocycles. The van der Waals surface area contributed by atoms with Crippen LogP contribution in [0, 0.1) is 11.8 Å². The molecule has 2 aromatic rings. The standard InChI is InChI=1S/C12H12N2O2/c1-6-4-8(6)11(15)7-2-3-9-10(5-7)14-12(16)13-9/h2-3,5-6,8H,4H2,1H3,(H2,13,14,16). The molecule has 1 saturated carbocycles. The van der Waals surface area contributed by atoms with Crippen LogP contribution >= 0.6 is 0 Å². The maximum Gasteiger partial charge on any atom is 0.323 e. The van der Waals surface area contributed by atoms with Gasteiger partial charge in [-0.25, -0.2) is 4.79 Å². The number of aromatic amines is 2. The van der Waals surface area contributed by atoms with Crippen LogP contribution in [0.3, 0.4) is 0 Å². The number of aromatic nitrogens is 2. The number of imidazole rings is 1. The van der Waals surface area contributed by atoms with E-state index in [1.807, 2.05) is 0 Å². The minimum Gasteiger partial charge on any atom is -0.306 e. The summed E-state index contributed by atoms with van der Waals surface area (Å²) in [6, 6.07) is 5.30. The largest absolute Gasteiger partial charge is 0.323 e. The van der Waals surface area contributed by atoms with Gasteiger partial charge in [0.05, 0.1) is 11.0 Å². The molecule has 0 radical (unpaired) electrons. The third kappa shape index (κ3) is 1.38. The lowest BCUT2D eigenvalue weighted by atomic mass is 10.1. The van der Waals surface area contributed by atoms with E-state index < -0.39 is 0 Å². The van der Waals surface area contributed by atoms with Crippen molar-refractivity contribution in [3.05, 3.63) is 34.2 Å². The SMILES string of the molecule is CC1CC1C(=O)c1ccc2[nH]c(=O)[nH]c2c1. The first-order chi connectivity index (χ1) is 7.65. The number of benzene rings is 1. The topological polar surface area (TPSA) is 65.7 Å². The zero-order valence-corrected chi connectivity index (χ0v) is 8.91. The third-order valence-corrected chi connectivity index (χ3v) is 3.25. The lowest BCUT2D eigenvalue weighted by Crippen LogP contribution is -2.02. The van der Waals surface area contributed by atoms with Crippen LogP contribution in [0.5, 0.6) is 0 Å². The number of rotatable bonds is 2. The molecular weight excluding hydrogens is 204 g/mol. The summed E-state index contributed by atoms with van der Waals surface area (Å²) in [5.41, 5.74) is 1.89. The second-order valence-electron chi connectivity index (χ2n) is 4.52. The highest BCUT2D eigenvalue weighted by Crippen LogP contribution is 2.40. The molecule has 0 spiro atoms. The van der Waals surface area contributed by atoms with E-state index in [1.54, 1.807) is 18.2 Å². The Labute approximate surface area is 91.7 Å². The molecule has 1 fully saturated rings. The summed E-state index contributed by atoms with van der Waals surface area (Å²) in [5.74, 6) is 0.882. The van der Waals surface area contributed by atoms with Gasteiger partial charge in [0.15, 0.2) is 5.78 Å². The van der Waals surface area contributed by atoms with Crippen molar-refractivity contribution >= 4 is 16.8 Å². The van der Waals surface area contributed by atoms with Gasteiger partial charge < -0.3 is 9.97 Å². The number of carbonyl (C=O) groups is 1. The molecule has 0 bridgehead atoms. The number of ketones is 1. The van der Waals surface area contributed by atoms with E-state index in [0.29, 0.717) is 17.0 Å². The van der Waals surface area contributed by atoms with Crippen molar-refractivity contribution in [3.8, 4) is 0 Å². The monoisotopic (exact) mass is 216 g/mol. The Morgan fingerprint density at radius 2 is 2.00 bits per heavy atom. The number of fused-ring (bicyclic) bond motifs is 1. The van der Waals surface area contributed by atoms with Gasteiger partial charge in [0, 0.05) is 11.5 Å². The van der Waals surface area contributed by atoms with E-state index in [0.717, 1.165) is 11.9 Å². The Hall–Kier alpha value is -1.84. The first-order valence-electron chi connectivity index (χ1n) is 5.41. The van der Waals surface area contributed by atoms with Crippen LogP contribution in [-0.2, 0) is 0 Å². The number of hydrogen-bond acceptors (Lipinski definition) is 2. The minimum absolute atomic E-state index is 0.183. The molecule has 4 nitrogen and oxygen atoms in total. The van der Waals surface area contributed by atoms with E-state index >= 15 is 0 Å². The Morgan fingerprint density at radius 3 is 2.69 bits per heavy atom. The maximum atomic E-state index is 12.0. The second kappa shape index (κ2) is 3.07. The number of H-pyrrole nitrogens is 2. The van der Waals surface area contributed by atoms with Gasteiger partial charge in [-0.15, -0.1) is 0 Å². The normalized spacial score (nSPS) is 23.6. The number of Topliss-reactive ketones (excluding diaryl/α,β-unsaturated/α-hetero) is 1. The molecule has 2 unspecified atom stereocenters. The molecule has 1 aliphatic carbocycles. The second-order valence-corrected chi connectivity index (χ2v) is 4.52. The van der Waals surface area contributed by atoms with Crippen molar-refractivity contribution in [3.63, 3.8) is 0 Å². The number of hydrogen-bond donors (Lipinski definition) is 2. The Bertz CT molecular complexity index is 623. The highest BCUT2D eigenvalue weighted by Gasteiger charge is 2.39. The molecule has 1 aliphatic rings. The summed E-state index contributed by atoms with van der Waals surface area (Å²) >= 11 is 0. The van der Waals surface area contributed by atoms with Crippen molar-refractivity contribution in [2.45, 2.75) is 13.3 Å². The van der Waals surface area contributed by atoms with Crippen molar-refractivity contribution in [2.24, 2.45) is 11.8 Å². The average molecular weight is 216 g/mol. The van der Waals surface area contributed by atoms with E-state index in [9.17, 15) is 9.59 Å². The van der Waals surface area contributed by atoms with Crippen molar-refractivity contribution in [1.82, 2.24) is 9.97 Å². The lowest BCUT2D eigenvalue weighted by Gasteiger charge is -1.98. The first kappa shape index (κ1) is 9.39. The van der Waals surface area contributed by atoms with Gasteiger partial charge in [0.1, 0.15) is 0 Å². The van der Waals surface area contributed by atoms with Gasteiger partial charge in [-0.3, -0.25) is 4.79 Å². The zero-order valence-electron chi connectivity index (χ0n) is 8.91. The molecule has 0 aliphatic heterocycles. The lowest BCUT2D eigenvalue weighted by molar-refractivity contribution is 0.0962. The highest BCUT2D eigenvalue weighted by molar-refractivity contribution is 6.01. The average Bonchev–Trinajstić information content (AvgIpc) is 2.85. The fraction of sp³-hybridized carbons (Fsp3) is 0.333. The van der Waals surface area contributed by atoms with Crippen LogP contribution in [0.25, 0.3) is 11.0 Å². The molecule has 82 valence electrons. The molecular formula is C12H12N2O2. The molecule has 2 N–H and O–H groups in total. The predicted octanol–water partition coefficient (Wildman–Crippen LogP) is 1.69. The summed E-state index contributed by atoms with van der Waals surface area (Å²) in [6.07, 6.45) is 0.987. The smallest absolute Gasteiger partial charge is 0.306 e. The van der Waals surface area contributed by atoms with Gasteiger partial charge in [-0.2, -0.15) is 0 Å². The number of carbonyl (C=O) groups excluding carboxylic acids is 1.